The first kappa shape index (κ1) is 19.4. The largest absolute Gasteiger partial charge is 0.486 e. The van der Waals surface area contributed by atoms with Gasteiger partial charge in [-0.15, -0.1) is 5.10 Å². The van der Waals surface area contributed by atoms with Crippen LogP contribution in [0.5, 0.6) is 5.75 Å². The Morgan fingerprint density at radius 3 is 2.59 bits per heavy atom. The molecule has 1 N–H and O–H groups in total. The molecule has 0 amide bonds. The van der Waals surface area contributed by atoms with Crippen molar-refractivity contribution in [1.82, 2.24) is 10.2 Å². The first-order valence-corrected chi connectivity index (χ1v) is 9.24. The number of alkyl halides is 3. The summed E-state index contributed by atoms with van der Waals surface area (Å²) in [6.45, 7) is 4.66. The average molecular weight is 403 g/mol. The van der Waals surface area contributed by atoms with Crippen molar-refractivity contribution < 1.29 is 22.6 Å². The number of benzene rings is 2. The van der Waals surface area contributed by atoms with Crippen molar-refractivity contribution in [1.29, 1.82) is 0 Å². The second kappa shape index (κ2) is 7.51. The van der Waals surface area contributed by atoms with Crippen molar-refractivity contribution in [3.8, 4) is 5.75 Å². The number of fused-ring (bicyclic) bond motifs is 1. The number of hydrogen-bond donors (Lipinski definition) is 1. The molecule has 1 fully saturated rings. The third kappa shape index (κ3) is 3.98. The molecule has 2 aromatic carbocycles. The Morgan fingerprint density at radius 2 is 1.90 bits per heavy atom. The first-order chi connectivity index (χ1) is 13.8. The summed E-state index contributed by atoms with van der Waals surface area (Å²) in [5.41, 5.74) is 0.884. The Kier molecular flexibility index (Phi) is 5.04. The minimum atomic E-state index is -4.38. The van der Waals surface area contributed by atoms with Crippen molar-refractivity contribution in [3.63, 3.8) is 0 Å². The minimum Gasteiger partial charge on any atom is -0.486 e. The average Bonchev–Trinajstić information content (AvgIpc) is 2.64. The first-order valence-electron chi connectivity index (χ1n) is 9.24. The van der Waals surface area contributed by atoms with E-state index in [0.717, 1.165) is 22.5 Å². The summed E-state index contributed by atoms with van der Waals surface area (Å²) in [6, 6.07) is 9.83. The van der Waals surface area contributed by atoms with Gasteiger partial charge in [0.1, 0.15) is 11.9 Å². The normalized spacial score (nSPS) is 14.7. The highest BCUT2D eigenvalue weighted by Crippen LogP contribution is 2.33. The monoisotopic (exact) mass is 403 g/mol. The molecule has 4 rings (SSSR count). The van der Waals surface area contributed by atoms with Gasteiger partial charge in [0.15, 0.2) is 5.82 Å². The molecule has 1 aliphatic rings. The molecule has 1 aromatic heterocycles. The molecular formula is C21H20F3N3O2. The zero-order valence-electron chi connectivity index (χ0n) is 16.0. The third-order valence-electron chi connectivity index (χ3n) is 5.04. The van der Waals surface area contributed by atoms with Gasteiger partial charge in [-0.25, -0.2) is 0 Å². The van der Waals surface area contributed by atoms with Crippen molar-refractivity contribution >= 4 is 16.6 Å². The molecule has 152 valence electrons. The van der Waals surface area contributed by atoms with Crippen LogP contribution in [-0.4, -0.2) is 29.5 Å². The lowest BCUT2D eigenvalue weighted by Gasteiger charge is -2.26. The molecule has 5 nitrogen and oxygen atoms in total. The second-order valence-electron chi connectivity index (χ2n) is 7.06. The molecule has 0 unspecified atom stereocenters. The van der Waals surface area contributed by atoms with Gasteiger partial charge in [-0.2, -0.15) is 18.3 Å². The predicted octanol–water partition coefficient (Wildman–Crippen LogP) is 4.66. The number of ether oxygens (including phenoxy) is 2. The van der Waals surface area contributed by atoms with E-state index in [0.29, 0.717) is 30.3 Å². The lowest BCUT2D eigenvalue weighted by Crippen LogP contribution is -2.38. The number of hydrogen-bond acceptors (Lipinski definition) is 5. The second-order valence-corrected chi connectivity index (χ2v) is 7.06. The zero-order chi connectivity index (χ0) is 20.6. The highest BCUT2D eigenvalue weighted by molar-refractivity contribution is 5.94. The SMILES string of the molecule is Cc1c(CNc2nnc(C)c3ccc(OC4COC4)cc23)cccc1C(F)(F)F. The van der Waals surface area contributed by atoms with E-state index in [9.17, 15) is 13.2 Å². The molecule has 1 aliphatic heterocycles. The Morgan fingerprint density at radius 1 is 1.10 bits per heavy atom. The van der Waals surface area contributed by atoms with E-state index < -0.39 is 11.7 Å². The molecule has 3 aromatic rings. The Hall–Kier alpha value is -2.87. The number of halogens is 3. The summed E-state index contributed by atoms with van der Waals surface area (Å²) >= 11 is 0. The van der Waals surface area contributed by atoms with Crippen LogP contribution in [0.3, 0.4) is 0 Å². The molecule has 0 radical (unpaired) electrons. The van der Waals surface area contributed by atoms with E-state index in [1.165, 1.54) is 13.0 Å². The maximum absolute atomic E-state index is 13.2. The topological polar surface area (TPSA) is 56.3 Å². The summed E-state index contributed by atoms with van der Waals surface area (Å²) in [4.78, 5) is 0. The van der Waals surface area contributed by atoms with Gasteiger partial charge in [0.25, 0.3) is 0 Å². The number of rotatable bonds is 5. The van der Waals surface area contributed by atoms with Gasteiger partial charge in [-0.3, -0.25) is 0 Å². The fourth-order valence-corrected chi connectivity index (χ4v) is 3.31. The van der Waals surface area contributed by atoms with Crippen LogP contribution in [0.2, 0.25) is 0 Å². The summed E-state index contributed by atoms with van der Waals surface area (Å²) in [5.74, 6) is 1.19. The third-order valence-corrected chi connectivity index (χ3v) is 5.04. The van der Waals surface area contributed by atoms with Gasteiger partial charge in [-0.05, 0) is 49.2 Å². The molecule has 0 atom stereocenters. The quantitative estimate of drug-likeness (QED) is 0.672. The summed E-state index contributed by atoms with van der Waals surface area (Å²) < 4.78 is 50.5. The number of anilines is 1. The highest BCUT2D eigenvalue weighted by atomic mass is 19.4. The lowest BCUT2D eigenvalue weighted by molar-refractivity contribution is -0.138. The van der Waals surface area contributed by atoms with Crippen LogP contribution in [0.25, 0.3) is 10.8 Å². The molecule has 29 heavy (non-hydrogen) atoms. The maximum atomic E-state index is 13.2. The van der Waals surface area contributed by atoms with E-state index in [2.05, 4.69) is 15.5 Å². The number of nitrogens with zero attached hydrogens (tertiary/aromatic N) is 2. The van der Waals surface area contributed by atoms with Crippen LogP contribution in [-0.2, 0) is 17.5 Å². The molecule has 0 saturated carbocycles. The molecule has 2 heterocycles. The van der Waals surface area contributed by atoms with Gasteiger partial charge in [0.2, 0.25) is 0 Å². The van der Waals surface area contributed by atoms with Crippen LogP contribution >= 0.6 is 0 Å². The summed E-state index contributed by atoms with van der Waals surface area (Å²) in [6.07, 6.45) is -4.35. The van der Waals surface area contributed by atoms with E-state index in [4.69, 9.17) is 9.47 Å². The summed E-state index contributed by atoms with van der Waals surface area (Å²) in [5, 5.41) is 13.2. The fraction of sp³-hybridized carbons (Fsp3) is 0.333. The van der Waals surface area contributed by atoms with Crippen molar-refractivity contribution in [2.75, 3.05) is 18.5 Å². The van der Waals surface area contributed by atoms with E-state index in [1.54, 1.807) is 6.07 Å². The van der Waals surface area contributed by atoms with Crippen molar-refractivity contribution in [2.24, 2.45) is 0 Å². The molecule has 0 bridgehead atoms. The van der Waals surface area contributed by atoms with Crippen molar-refractivity contribution in [3.05, 3.63) is 58.8 Å². The van der Waals surface area contributed by atoms with Crippen LogP contribution in [0.4, 0.5) is 19.0 Å². The van der Waals surface area contributed by atoms with Crippen LogP contribution in [0, 0.1) is 13.8 Å². The van der Waals surface area contributed by atoms with Gasteiger partial charge in [-0.1, -0.05) is 12.1 Å². The fourth-order valence-electron chi connectivity index (χ4n) is 3.31. The zero-order valence-corrected chi connectivity index (χ0v) is 16.0. The van der Waals surface area contributed by atoms with Crippen LogP contribution in [0.15, 0.2) is 36.4 Å². The Bertz CT molecular complexity index is 1050. The Labute approximate surface area is 165 Å². The molecule has 0 spiro atoms. The molecule has 1 saturated heterocycles. The van der Waals surface area contributed by atoms with Gasteiger partial charge < -0.3 is 14.8 Å². The van der Waals surface area contributed by atoms with Crippen molar-refractivity contribution in [2.45, 2.75) is 32.7 Å². The predicted molar refractivity (Wildman–Crippen MR) is 103 cm³/mol. The van der Waals surface area contributed by atoms with Gasteiger partial charge in [0, 0.05) is 17.3 Å². The van der Waals surface area contributed by atoms with E-state index >= 15 is 0 Å². The molecule has 8 heteroatoms. The van der Waals surface area contributed by atoms with Crippen LogP contribution < -0.4 is 10.1 Å². The number of aromatic nitrogens is 2. The maximum Gasteiger partial charge on any atom is 0.416 e. The standard InChI is InChI=1S/C21H20F3N3O2/c1-12-14(4-3-5-19(12)21(22,23)24)9-25-20-18-8-15(29-16-10-28-11-16)6-7-17(18)13(2)26-27-20/h3-8,16H,9-11H2,1-2H3,(H,25,27). The van der Waals surface area contributed by atoms with Crippen LogP contribution in [0.1, 0.15) is 22.4 Å². The molecule has 0 aliphatic carbocycles. The highest BCUT2D eigenvalue weighted by Gasteiger charge is 2.32. The number of nitrogens with one attached hydrogen (secondary N) is 1. The van der Waals surface area contributed by atoms with Gasteiger partial charge >= 0.3 is 6.18 Å². The van der Waals surface area contributed by atoms with E-state index in [1.807, 2.05) is 25.1 Å². The smallest absolute Gasteiger partial charge is 0.416 e. The Balaban J connectivity index is 1.62. The number of aryl methyl sites for hydroxylation is 1. The van der Waals surface area contributed by atoms with Gasteiger partial charge in [0.05, 0.1) is 24.5 Å². The lowest BCUT2D eigenvalue weighted by atomic mass is 10.0. The summed E-state index contributed by atoms with van der Waals surface area (Å²) in [7, 11) is 0. The minimum absolute atomic E-state index is 0.0347. The van der Waals surface area contributed by atoms with E-state index in [-0.39, 0.29) is 18.2 Å². The molecular weight excluding hydrogens is 383 g/mol.